The molecule has 0 unspecified atom stereocenters. The first-order valence-electron chi connectivity index (χ1n) is 13.6. The summed E-state index contributed by atoms with van der Waals surface area (Å²) in [6.07, 6.45) is 0. The summed E-state index contributed by atoms with van der Waals surface area (Å²) in [7, 11) is 4.42. The van der Waals surface area contributed by atoms with Crippen molar-refractivity contribution in [3.8, 4) is 11.5 Å². The Morgan fingerprint density at radius 1 is 0.591 bits per heavy atom. The van der Waals surface area contributed by atoms with Crippen LogP contribution in [0, 0.1) is 0 Å². The fourth-order valence-electron chi connectivity index (χ4n) is 6.82. The number of carboxylic acids is 1. The largest absolute Gasteiger partial charge is 0.496 e. The first-order chi connectivity index (χ1) is 21.2. The van der Waals surface area contributed by atoms with Crippen LogP contribution in [-0.4, -0.2) is 60.9 Å². The van der Waals surface area contributed by atoms with E-state index in [0.717, 1.165) is 9.80 Å². The zero-order chi connectivity index (χ0) is 30.8. The molecule has 2 heterocycles. The van der Waals surface area contributed by atoms with E-state index in [0.29, 0.717) is 65.7 Å². The minimum absolute atomic E-state index is 0.0223. The van der Waals surface area contributed by atoms with Crippen molar-refractivity contribution in [3.05, 3.63) is 88.5 Å². The van der Waals surface area contributed by atoms with E-state index in [1.54, 1.807) is 36.4 Å². The number of fused-ring (bicyclic) bond motifs is 2. The molecular formula is C34H20N2O8. The Kier molecular flexibility index (Phi) is 4.96. The molecule has 0 bridgehead atoms. The Balaban J connectivity index is 1.52. The summed E-state index contributed by atoms with van der Waals surface area (Å²) in [6, 6.07) is 15.6. The Hall–Kier alpha value is -6.03. The van der Waals surface area contributed by atoms with Crippen molar-refractivity contribution in [3.63, 3.8) is 0 Å². The molecule has 0 aromatic heterocycles. The molecule has 10 nitrogen and oxygen atoms in total. The lowest BCUT2D eigenvalue weighted by Crippen LogP contribution is -2.40. The number of nitrogens with zero attached hydrogens (tertiary/aromatic N) is 2. The van der Waals surface area contributed by atoms with Crippen LogP contribution in [0.25, 0.3) is 43.1 Å². The second kappa shape index (κ2) is 8.51. The zero-order valence-corrected chi connectivity index (χ0v) is 23.5. The monoisotopic (exact) mass is 584 g/mol. The lowest BCUT2D eigenvalue weighted by Gasteiger charge is -2.30. The number of methoxy groups -OCH3 is 2. The van der Waals surface area contributed by atoms with Crippen LogP contribution in [-0.2, 0) is 0 Å². The van der Waals surface area contributed by atoms with E-state index in [1.165, 1.54) is 45.5 Å². The van der Waals surface area contributed by atoms with Crippen LogP contribution in [0.2, 0.25) is 0 Å². The molecule has 6 aromatic rings. The number of ether oxygens (including phenoxy) is 2. The summed E-state index contributed by atoms with van der Waals surface area (Å²) < 4.78 is 11.7. The summed E-state index contributed by atoms with van der Waals surface area (Å²) in [5.74, 6) is -2.36. The molecule has 0 atom stereocenters. The van der Waals surface area contributed by atoms with Gasteiger partial charge in [0, 0.05) is 50.5 Å². The maximum absolute atomic E-state index is 14.1. The molecule has 2 aliphatic rings. The van der Waals surface area contributed by atoms with Gasteiger partial charge in [0.05, 0.1) is 36.6 Å². The first kappa shape index (κ1) is 25.7. The number of rotatable bonds is 4. The SMILES string of the molecule is COc1cc2c3c(ccc4c5c(OC)cc6c7c(ccc(c1c34)c75)C(=O)N(c1ccc(C(=O)O)cc1)C6=O)C(=O)N(C)C2=O. The predicted octanol–water partition coefficient (Wildman–Crippen LogP) is 5.48. The fourth-order valence-corrected chi connectivity index (χ4v) is 6.82. The van der Waals surface area contributed by atoms with E-state index in [9.17, 15) is 29.1 Å². The van der Waals surface area contributed by atoms with Gasteiger partial charge in [0.2, 0.25) is 0 Å². The number of carboxylic acid groups (broad SMARTS) is 1. The Morgan fingerprint density at radius 3 is 1.55 bits per heavy atom. The fraction of sp³-hybridized carbons (Fsp3) is 0.0882. The molecule has 0 saturated heterocycles. The average molecular weight is 585 g/mol. The second-order valence-electron chi connectivity index (χ2n) is 10.8. The molecule has 2 aliphatic heterocycles. The zero-order valence-electron chi connectivity index (χ0n) is 23.5. The van der Waals surface area contributed by atoms with Gasteiger partial charge in [0.25, 0.3) is 23.6 Å². The van der Waals surface area contributed by atoms with Gasteiger partial charge in [-0.05, 0) is 59.3 Å². The number of imide groups is 2. The number of benzene rings is 6. The van der Waals surface area contributed by atoms with Crippen molar-refractivity contribution < 1.29 is 38.6 Å². The normalized spacial score (nSPS) is 14.5. The summed E-state index contributed by atoms with van der Waals surface area (Å²) in [5.41, 5.74) is 1.49. The number of hydrogen-bond donors (Lipinski definition) is 1. The third-order valence-corrected chi connectivity index (χ3v) is 8.78. The molecule has 0 spiro atoms. The van der Waals surface area contributed by atoms with E-state index in [4.69, 9.17) is 9.47 Å². The van der Waals surface area contributed by atoms with Gasteiger partial charge >= 0.3 is 5.97 Å². The van der Waals surface area contributed by atoms with Gasteiger partial charge in [-0.15, -0.1) is 0 Å². The molecule has 6 aromatic carbocycles. The molecule has 4 amide bonds. The Morgan fingerprint density at radius 2 is 1.05 bits per heavy atom. The molecule has 0 aliphatic carbocycles. The standard InChI is InChI=1S/C34H20N2O8/c1-35-30(37)18-10-8-16-27-23(44-3)13-21-25-19(32(39)36(33(21)40)15-6-4-14(5-7-15)34(41)42)11-9-17(29(25)27)26-22(43-2)12-20(31(35)38)24(18)28(16)26/h4-13H,1-3H3,(H,41,42). The van der Waals surface area contributed by atoms with Crippen LogP contribution in [0.5, 0.6) is 11.5 Å². The van der Waals surface area contributed by atoms with Crippen molar-refractivity contribution in [2.75, 3.05) is 26.2 Å². The summed E-state index contributed by atoms with van der Waals surface area (Å²) in [6.45, 7) is 0. The van der Waals surface area contributed by atoms with Crippen LogP contribution in [0.4, 0.5) is 5.69 Å². The summed E-state index contributed by atoms with van der Waals surface area (Å²) >= 11 is 0. The van der Waals surface area contributed by atoms with E-state index >= 15 is 0 Å². The van der Waals surface area contributed by atoms with Gasteiger partial charge in [-0.3, -0.25) is 24.1 Å². The number of carbonyl (C=O) groups is 5. The van der Waals surface area contributed by atoms with E-state index < -0.39 is 29.6 Å². The average Bonchev–Trinajstić information content (AvgIpc) is 3.04. The molecule has 0 fully saturated rings. The van der Waals surface area contributed by atoms with Crippen LogP contribution in [0.15, 0.2) is 60.7 Å². The third kappa shape index (κ3) is 2.96. The van der Waals surface area contributed by atoms with Crippen molar-refractivity contribution in [1.82, 2.24) is 4.90 Å². The van der Waals surface area contributed by atoms with Gasteiger partial charge in [-0.1, -0.05) is 12.1 Å². The number of hydrogen-bond acceptors (Lipinski definition) is 7. The number of aromatic carboxylic acids is 1. The van der Waals surface area contributed by atoms with E-state index in [1.807, 2.05) is 0 Å². The molecule has 44 heavy (non-hydrogen) atoms. The maximum atomic E-state index is 14.1. The summed E-state index contributed by atoms with van der Waals surface area (Å²) in [5, 5.41) is 14.1. The second-order valence-corrected chi connectivity index (χ2v) is 10.8. The molecule has 0 saturated carbocycles. The molecule has 10 heteroatoms. The first-order valence-corrected chi connectivity index (χ1v) is 13.6. The molecular weight excluding hydrogens is 564 g/mol. The topological polar surface area (TPSA) is 131 Å². The molecule has 1 N–H and O–H groups in total. The van der Waals surface area contributed by atoms with Gasteiger partial charge in [0.15, 0.2) is 0 Å². The minimum atomic E-state index is -1.13. The van der Waals surface area contributed by atoms with E-state index in [2.05, 4.69) is 0 Å². The highest BCUT2D eigenvalue weighted by Crippen LogP contribution is 2.51. The highest BCUT2D eigenvalue weighted by molar-refractivity contribution is 6.45. The minimum Gasteiger partial charge on any atom is -0.496 e. The summed E-state index contributed by atoms with van der Waals surface area (Å²) in [4.78, 5) is 68.0. The molecule has 8 rings (SSSR count). The quantitative estimate of drug-likeness (QED) is 0.164. The van der Waals surface area contributed by atoms with Gasteiger partial charge in [-0.25, -0.2) is 9.69 Å². The smallest absolute Gasteiger partial charge is 0.335 e. The lowest BCUT2D eigenvalue weighted by atomic mass is 9.81. The lowest BCUT2D eigenvalue weighted by molar-refractivity contribution is 0.0646. The Bertz CT molecular complexity index is 2370. The van der Waals surface area contributed by atoms with E-state index in [-0.39, 0.29) is 22.4 Å². The predicted molar refractivity (Wildman–Crippen MR) is 162 cm³/mol. The number of carbonyl (C=O) groups excluding carboxylic acids is 4. The van der Waals surface area contributed by atoms with Crippen LogP contribution >= 0.6 is 0 Å². The highest BCUT2D eigenvalue weighted by Gasteiger charge is 2.38. The van der Waals surface area contributed by atoms with Gasteiger partial charge in [0.1, 0.15) is 11.5 Å². The third-order valence-electron chi connectivity index (χ3n) is 8.78. The van der Waals surface area contributed by atoms with Crippen molar-refractivity contribution in [2.24, 2.45) is 0 Å². The van der Waals surface area contributed by atoms with Gasteiger partial charge < -0.3 is 14.6 Å². The number of anilines is 1. The van der Waals surface area contributed by atoms with Crippen LogP contribution < -0.4 is 14.4 Å². The molecule has 0 radical (unpaired) electrons. The number of amides is 4. The highest BCUT2D eigenvalue weighted by atomic mass is 16.5. The van der Waals surface area contributed by atoms with Crippen molar-refractivity contribution >= 4 is 78.4 Å². The molecule has 214 valence electrons. The maximum Gasteiger partial charge on any atom is 0.335 e. The Labute approximate surface area is 247 Å². The van der Waals surface area contributed by atoms with Gasteiger partial charge in [-0.2, -0.15) is 0 Å². The van der Waals surface area contributed by atoms with Crippen molar-refractivity contribution in [1.29, 1.82) is 0 Å². The van der Waals surface area contributed by atoms with Crippen molar-refractivity contribution in [2.45, 2.75) is 0 Å². The van der Waals surface area contributed by atoms with Crippen LogP contribution in [0.1, 0.15) is 51.8 Å². The van der Waals surface area contributed by atoms with Crippen LogP contribution in [0.3, 0.4) is 0 Å².